The second-order valence-electron chi connectivity index (χ2n) is 5.65. The fourth-order valence-corrected chi connectivity index (χ4v) is 3.57. The molecule has 0 saturated heterocycles. The molecule has 26 heavy (non-hydrogen) atoms. The van der Waals surface area contributed by atoms with Crippen LogP contribution in [0.1, 0.15) is 13.8 Å². The van der Waals surface area contributed by atoms with Gasteiger partial charge in [-0.3, -0.25) is 4.79 Å². The molecule has 0 bridgehead atoms. The zero-order chi connectivity index (χ0) is 18.5. The molecule has 0 fully saturated rings. The van der Waals surface area contributed by atoms with Gasteiger partial charge in [-0.1, -0.05) is 65.8 Å². The van der Waals surface area contributed by atoms with Crippen LogP contribution in [0.4, 0.5) is 5.69 Å². The first-order valence-corrected chi connectivity index (χ1v) is 9.56. The first-order valence-electron chi connectivity index (χ1n) is 8.30. The van der Waals surface area contributed by atoms with Crippen molar-refractivity contribution < 1.29 is 4.79 Å². The maximum atomic E-state index is 12.5. The lowest BCUT2D eigenvalue weighted by atomic mass is 10.2. The Morgan fingerprint density at radius 1 is 1.15 bits per heavy atom. The number of nitrogens with zero attached hydrogens (tertiary/aromatic N) is 3. The van der Waals surface area contributed by atoms with Gasteiger partial charge < -0.3 is 9.88 Å². The van der Waals surface area contributed by atoms with Gasteiger partial charge in [0.2, 0.25) is 5.91 Å². The first kappa shape index (κ1) is 18.5. The van der Waals surface area contributed by atoms with Gasteiger partial charge in [0, 0.05) is 12.1 Å². The molecule has 0 unspecified atom stereocenters. The molecule has 3 rings (SSSR count). The van der Waals surface area contributed by atoms with Crippen LogP contribution in [0.5, 0.6) is 0 Å². The fraction of sp³-hybridized carbons (Fsp3) is 0.211. The predicted octanol–water partition coefficient (Wildman–Crippen LogP) is 4.74. The third kappa shape index (κ3) is 4.08. The minimum atomic E-state index is -0.343. The molecule has 0 saturated carbocycles. The monoisotopic (exact) mass is 386 g/mol. The molecule has 7 heteroatoms. The number of carbonyl (C=O) groups excluding carboxylic acids is 1. The summed E-state index contributed by atoms with van der Waals surface area (Å²) >= 11 is 7.48. The van der Waals surface area contributed by atoms with Crippen molar-refractivity contribution in [3.63, 3.8) is 0 Å². The van der Waals surface area contributed by atoms with Gasteiger partial charge in [-0.05, 0) is 26.0 Å². The number of anilines is 1. The third-order valence-corrected chi connectivity index (χ3v) is 5.26. The van der Waals surface area contributed by atoms with Crippen LogP contribution < -0.4 is 5.32 Å². The normalized spacial score (nSPS) is 12.0. The van der Waals surface area contributed by atoms with Crippen LogP contribution in [-0.4, -0.2) is 25.9 Å². The maximum absolute atomic E-state index is 12.5. The molecule has 1 amide bonds. The molecule has 134 valence electrons. The molecule has 1 aromatic heterocycles. The number of rotatable bonds is 6. The summed E-state index contributed by atoms with van der Waals surface area (Å²) in [6, 6.07) is 17.1. The van der Waals surface area contributed by atoms with Crippen LogP contribution in [0.15, 0.2) is 59.8 Å². The molecular weight excluding hydrogens is 368 g/mol. The molecule has 2 aromatic carbocycles. The summed E-state index contributed by atoms with van der Waals surface area (Å²) in [5, 5.41) is 12.3. The zero-order valence-corrected chi connectivity index (χ0v) is 16.1. The number of carbonyl (C=O) groups is 1. The van der Waals surface area contributed by atoms with Crippen molar-refractivity contribution in [3.8, 4) is 11.4 Å². The molecule has 0 radical (unpaired) electrons. The van der Waals surface area contributed by atoms with E-state index in [-0.39, 0.29) is 11.2 Å². The van der Waals surface area contributed by atoms with E-state index in [0.717, 1.165) is 17.9 Å². The third-order valence-electron chi connectivity index (χ3n) is 3.85. The Bertz CT molecular complexity index is 898. The van der Waals surface area contributed by atoms with Gasteiger partial charge in [-0.15, -0.1) is 10.2 Å². The number of benzene rings is 2. The molecule has 5 nitrogen and oxygen atoms in total. The van der Waals surface area contributed by atoms with Crippen LogP contribution in [0.3, 0.4) is 0 Å². The van der Waals surface area contributed by atoms with Crippen molar-refractivity contribution in [1.29, 1.82) is 0 Å². The summed E-state index contributed by atoms with van der Waals surface area (Å²) in [6.07, 6.45) is 0. The second kappa shape index (κ2) is 8.38. The first-order chi connectivity index (χ1) is 12.6. The summed E-state index contributed by atoms with van der Waals surface area (Å²) in [5.41, 5.74) is 1.61. The van der Waals surface area contributed by atoms with Crippen molar-refractivity contribution in [2.24, 2.45) is 0 Å². The number of hydrogen-bond donors (Lipinski definition) is 1. The standard InChI is InChI=1S/C19H19ClN4OS/c1-3-24-17(14-9-5-4-6-10-14)22-23-19(24)26-13(2)18(25)21-16-12-8-7-11-15(16)20/h4-13H,3H2,1-2H3,(H,21,25)/t13-/m1/s1. The number of nitrogens with one attached hydrogen (secondary N) is 1. The number of hydrogen-bond acceptors (Lipinski definition) is 4. The molecule has 0 aliphatic carbocycles. The summed E-state index contributed by atoms with van der Waals surface area (Å²) in [6.45, 7) is 4.60. The summed E-state index contributed by atoms with van der Waals surface area (Å²) in [5.74, 6) is 0.671. The molecule has 1 atom stereocenters. The van der Waals surface area contributed by atoms with Crippen molar-refractivity contribution in [3.05, 3.63) is 59.6 Å². The largest absolute Gasteiger partial charge is 0.324 e. The van der Waals surface area contributed by atoms with Crippen LogP contribution in [0, 0.1) is 0 Å². The molecular formula is C19H19ClN4OS. The number of para-hydroxylation sites is 1. The van der Waals surface area contributed by atoms with E-state index in [0.29, 0.717) is 15.9 Å². The molecule has 0 aliphatic heterocycles. The quantitative estimate of drug-likeness (QED) is 0.622. The van der Waals surface area contributed by atoms with E-state index in [1.807, 2.05) is 60.9 Å². The van der Waals surface area contributed by atoms with Crippen LogP contribution in [-0.2, 0) is 11.3 Å². The minimum Gasteiger partial charge on any atom is -0.324 e. The smallest absolute Gasteiger partial charge is 0.237 e. The van der Waals surface area contributed by atoms with Gasteiger partial charge in [-0.2, -0.15) is 0 Å². The minimum absolute atomic E-state index is 0.130. The highest BCUT2D eigenvalue weighted by Crippen LogP contribution is 2.28. The van der Waals surface area contributed by atoms with Gasteiger partial charge in [0.05, 0.1) is 16.0 Å². The van der Waals surface area contributed by atoms with Crippen molar-refractivity contribution in [2.75, 3.05) is 5.32 Å². The van der Waals surface area contributed by atoms with E-state index in [1.165, 1.54) is 11.8 Å². The van der Waals surface area contributed by atoms with Crippen LogP contribution >= 0.6 is 23.4 Å². The highest BCUT2D eigenvalue weighted by molar-refractivity contribution is 8.00. The van der Waals surface area contributed by atoms with E-state index in [1.54, 1.807) is 12.1 Å². The molecule has 3 aromatic rings. The number of aromatic nitrogens is 3. The van der Waals surface area contributed by atoms with Gasteiger partial charge in [-0.25, -0.2) is 0 Å². The Balaban J connectivity index is 1.75. The van der Waals surface area contributed by atoms with Gasteiger partial charge in [0.25, 0.3) is 0 Å². The highest BCUT2D eigenvalue weighted by Gasteiger charge is 2.20. The van der Waals surface area contributed by atoms with Gasteiger partial charge in [0.1, 0.15) is 0 Å². The number of thioether (sulfide) groups is 1. The SMILES string of the molecule is CCn1c(S[C@H](C)C(=O)Nc2ccccc2Cl)nnc1-c1ccccc1. The summed E-state index contributed by atoms with van der Waals surface area (Å²) in [7, 11) is 0. The summed E-state index contributed by atoms with van der Waals surface area (Å²) < 4.78 is 2.01. The molecule has 0 spiro atoms. The lowest BCUT2D eigenvalue weighted by Crippen LogP contribution is -2.23. The highest BCUT2D eigenvalue weighted by atomic mass is 35.5. The second-order valence-corrected chi connectivity index (χ2v) is 7.36. The van der Waals surface area contributed by atoms with Gasteiger partial charge in [0.15, 0.2) is 11.0 Å². The average Bonchev–Trinajstić information content (AvgIpc) is 3.06. The Hall–Kier alpha value is -2.31. The van der Waals surface area contributed by atoms with E-state index >= 15 is 0 Å². The summed E-state index contributed by atoms with van der Waals surface area (Å²) in [4.78, 5) is 12.5. The topological polar surface area (TPSA) is 59.8 Å². The number of halogens is 1. The Morgan fingerprint density at radius 2 is 1.85 bits per heavy atom. The maximum Gasteiger partial charge on any atom is 0.237 e. The van der Waals surface area contributed by atoms with Gasteiger partial charge >= 0.3 is 0 Å². The van der Waals surface area contributed by atoms with E-state index in [2.05, 4.69) is 15.5 Å². The zero-order valence-electron chi connectivity index (χ0n) is 14.5. The van der Waals surface area contributed by atoms with E-state index in [9.17, 15) is 4.79 Å². The van der Waals surface area contributed by atoms with Crippen LogP contribution in [0.2, 0.25) is 5.02 Å². The lowest BCUT2D eigenvalue weighted by molar-refractivity contribution is -0.115. The van der Waals surface area contributed by atoms with Crippen molar-refractivity contribution in [2.45, 2.75) is 30.8 Å². The predicted molar refractivity (Wildman–Crippen MR) is 107 cm³/mol. The van der Waals surface area contributed by atoms with E-state index in [4.69, 9.17) is 11.6 Å². The Morgan fingerprint density at radius 3 is 2.54 bits per heavy atom. The number of amides is 1. The van der Waals surface area contributed by atoms with Crippen molar-refractivity contribution in [1.82, 2.24) is 14.8 Å². The molecule has 0 aliphatic rings. The lowest BCUT2D eigenvalue weighted by Gasteiger charge is -2.13. The van der Waals surface area contributed by atoms with Crippen molar-refractivity contribution >= 4 is 35.0 Å². The Labute approximate surface area is 161 Å². The fourth-order valence-electron chi connectivity index (χ4n) is 2.47. The molecule has 1 N–H and O–H groups in total. The average molecular weight is 387 g/mol. The molecule has 1 heterocycles. The van der Waals surface area contributed by atoms with E-state index < -0.39 is 0 Å². The Kier molecular flexibility index (Phi) is 5.96. The van der Waals surface area contributed by atoms with Crippen LogP contribution in [0.25, 0.3) is 11.4 Å².